The molecule has 172 valence electrons. The summed E-state index contributed by atoms with van der Waals surface area (Å²) in [4.78, 5) is 27.3. The molecule has 32 heavy (non-hydrogen) atoms. The van der Waals surface area contributed by atoms with Crippen molar-refractivity contribution in [1.29, 1.82) is 0 Å². The predicted molar refractivity (Wildman–Crippen MR) is 132 cm³/mol. The zero-order valence-electron chi connectivity index (χ0n) is 17.7. The Morgan fingerprint density at radius 2 is 1.16 bits per heavy atom. The second-order valence-corrected chi connectivity index (χ2v) is 9.46. The molecule has 0 unspecified atom stereocenters. The van der Waals surface area contributed by atoms with Crippen molar-refractivity contribution in [1.82, 2.24) is 16.0 Å². The molecule has 0 aliphatic heterocycles. The number of benzene rings is 2. The van der Waals surface area contributed by atoms with Crippen molar-refractivity contribution in [3.8, 4) is 0 Å². The van der Waals surface area contributed by atoms with Crippen LogP contribution in [0, 0.1) is 13.8 Å². The molecule has 0 bridgehead atoms. The van der Waals surface area contributed by atoms with Crippen LogP contribution in [0.15, 0.2) is 53.5 Å². The molecule has 2 aromatic carbocycles. The summed E-state index contributed by atoms with van der Waals surface area (Å²) in [5.41, 5.74) is 2.96. The lowest BCUT2D eigenvalue weighted by Gasteiger charge is -2.23. The van der Waals surface area contributed by atoms with Crippen LogP contribution in [0.4, 0.5) is 0 Å². The van der Waals surface area contributed by atoms with Crippen LogP contribution in [-0.4, -0.2) is 39.7 Å². The number of amides is 2. The fourth-order valence-corrected chi connectivity index (χ4v) is 3.13. The van der Waals surface area contributed by atoms with Gasteiger partial charge in [0.25, 0.3) is 11.8 Å². The number of halogens is 4. The summed E-state index contributed by atoms with van der Waals surface area (Å²) in [6, 6.07) is 14.1. The number of amidine groups is 1. The van der Waals surface area contributed by atoms with Crippen LogP contribution in [-0.2, 0) is 0 Å². The molecule has 0 fully saturated rings. The third-order valence-corrected chi connectivity index (χ3v) is 5.36. The molecule has 0 saturated heterocycles. The van der Waals surface area contributed by atoms with Gasteiger partial charge < -0.3 is 16.0 Å². The van der Waals surface area contributed by atoms with E-state index in [2.05, 4.69) is 20.9 Å². The minimum Gasteiger partial charge on any atom is -0.352 e. The van der Waals surface area contributed by atoms with Crippen molar-refractivity contribution < 1.29 is 9.59 Å². The lowest BCUT2D eigenvalue weighted by atomic mass is 10.1. The molecule has 0 saturated carbocycles. The normalized spacial score (nSPS) is 13.6. The van der Waals surface area contributed by atoms with E-state index in [4.69, 9.17) is 46.4 Å². The Bertz CT molecular complexity index is 947. The van der Waals surface area contributed by atoms with Gasteiger partial charge in [0.2, 0.25) is 0 Å². The Hall–Kier alpha value is -1.99. The first-order valence-electron chi connectivity index (χ1n) is 9.69. The Morgan fingerprint density at radius 1 is 0.719 bits per heavy atom. The molecule has 0 heterocycles. The van der Waals surface area contributed by atoms with Gasteiger partial charge in [-0.05, 0) is 45.0 Å². The van der Waals surface area contributed by atoms with Gasteiger partial charge in [-0.3, -0.25) is 9.59 Å². The fourth-order valence-electron chi connectivity index (χ4n) is 2.64. The molecule has 0 aliphatic rings. The molecule has 2 amide bonds. The van der Waals surface area contributed by atoms with E-state index < -0.39 is 22.0 Å². The van der Waals surface area contributed by atoms with Gasteiger partial charge in [-0.2, -0.15) is 0 Å². The van der Waals surface area contributed by atoms with E-state index in [-0.39, 0.29) is 11.8 Å². The summed E-state index contributed by atoms with van der Waals surface area (Å²) in [5.74, 6) is -0.431. The van der Waals surface area contributed by atoms with Crippen molar-refractivity contribution in [2.24, 2.45) is 4.99 Å². The number of hydrogen-bond acceptors (Lipinski definition) is 3. The SMILES string of the molecule is CC(=N[C@@H](NC(=O)c1ccc(C)cc1)C(Cl)Cl)N[C@@H](NC(=O)c1ccc(C)cc1)C(Cl)Cl. The van der Waals surface area contributed by atoms with Crippen molar-refractivity contribution in [3.05, 3.63) is 70.8 Å². The van der Waals surface area contributed by atoms with E-state index >= 15 is 0 Å². The molecule has 0 aromatic heterocycles. The smallest absolute Gasteiger partial charge is 0.252 e. The highest BCUT2D eigenvalue weighted by atomic mass is 35.5. The number of nitrogens with zero attached hydrogens (tertiary/aromatic N) is 1. The molecule has 6 nitrogen and oxygen atoms in total. The Balaban J connectivity index is 2.08. The molecule has 0 aliphatic carbocycles. The van der Waals surface area contributed by atoms with Crippen molar-refractivity contribution in [2.75, 3.05) is 0 Å². The molecule has 3 N–H and O–H groups in total. The maximum Gasteiger partial charge on any atom is 0.252 e. The zero-order valence-corrected chi connectivity index (χ0v) is 20.7. The van der Waals surface area contributed by atoms with Crippen LogP contribution < -0.4 is 16.0 Å². The molecule has 2 atom stereocenters. The minimum atomic E-state index is -1.02. The number of aliphatic imine (C=N–C) groups is 1. The van der Waals surface area contributed by atoms with Crippen LogP contribution in [0.2, 0.25) is 0 Å². The average Bonchev–Trinajstić information content (AvgIpc) is 2.73. The number of hydrogen-bond donors (Lipinski definition) is 3. The summed E-state index contributed by atoms with van der Waals surface area (Å²) in [6.07, 6.45) is -1.80. The largest absolute Gasteiger partial charge is 0.352 e. The van der Waals surface area contributed by atoms with E-state index in [1.54, 1.807) is 31.2 Å². The van der Waals surface area contributed by atoms with Gasteiger partial charge in [0.05, 0.1) is 5.84 Å². The van der Waals surface area contributed by atoms with Gasteiger partial charge in [0, 0.05) is 11.1 Å². The van der Waals surface area contributed by atoms with Crippen LogP contribution in [0.3, 0.4) is 0 Å². The summed E-state index contributed by atoms with van der Waals surface area (Å²) in [6.45, 7) is 5.46. The van der Waals surface area contributed by atoms with Crippen molar-refractivity contribution in [3.63, 3.8) is 0 Å². The van der Waals surface area contributed by atoms with Crippen LogP contribution >= 0.6 is 46.4 Å². The fraction of sp³-hybridized carbons (Fsp3) is 0.318. The third kappa shape index (κ3) is 8.17. The van der Waals surface area contributed by atoms with Gasteiger partial charge in [0.15, 0.2) is 6.17 Å². The molecular formula is C22H24Cl4N4O2. The van der Waals surface area contributed by atoms with E-state index in [0.29, 0.717) is 17.0 Å². The Kier molecular flexibility index (Phi) is 10.1. The average molecular weight is 518 g/mol. The maximum absolute atomic E-state index is 12.5. The number of carbonyl (C=O) groups is 2. The van der Waals surface area contributed by atoms with Gasteiger partial charge in [-0.1, -0.05) is 35.4 Å². The summed E-state index contributed by atoms with van der Waals surface area (Å²) >= 11 is 24.1. The highest BCUT2D eigenvalue weighted by Gasteiger charge is 2.23. The zero-order chi connectivity index (χ0) is 23.8. The first-order valence-corrected chi connectivity index (χ1v) is 11.4. The van der Waals surface area contributed by atoms with Gasteiger partial charge in [-0.15, -0.1) is 46.4 Å². The van der Waals surface area contributed by atoms with Crippen LogP contribution in [0.5, 0.6) is 0 Å². The predicted octanol–water partition coefficient (Wildman–Crippen LogP) is 4.73. The highest BCUT2D eigenvalue weighted by Crippen LogP contribution is 2.13. The number of carbonyl (C=O) groups excluding carboxylic acids is 2. The summed E-state index contributed by atoms with van der Waals surface area (Å²) in [5, 5.41) is 8.30. The summed E-state index contributed by atoms with van der Waals surface area (Å²) < 4.78 is 0. The molecule has 0 radical (unpaired) electrons. The topological polar surface area (TPSA) is 82.6 Å². The molecule has 0 spiro atoms. The quantitative estimate of drug-likeness (QED) is 0.205. The summed E-state index contributed by atoms with van der Waals surface area (Å²) in [7, 11) is 0. The van der Waals surface area contributed by atoms with Gasteiger partial charge >= 0.3 is 0 Å². The molecule has 2 rings (SSSR count). The number of alkyl halides is 4. The number of nitrogens with one attached hydrogen (secondary N) is 3. The molecular weight excluding hydrogens is 494 g/mol. The lowest BCUT2D eigenvalue weighted by Crippen LogP contribution is -2.52. The number of aryl methyl sites for hydroxylation is 2. The van der Waals surface area contributed by atoms with Crippen molar-refractivity contribution >= 4 is 64.1 Å². The minimum absolute atomic E-state index is 0.311. The van der Waals surface area contributed by atoms with E-state index in [0.717, 1.165) is 11.1 Å². The van der Waals surface area contributed by atoms with Crippen LogP contribution in [0.1, 0.15) is 38.8 Å². The van der Waals surface area contributed by atoms with Gasteiger partial charge in [-0.25, -0.2) is 4.99 Å². The molecule has 2 aromatic rings. The standard InChI is InChI=1S/C22H24Cl4N4O2/c1-12-4-8-15(9-5-12)21(31)29-19(17(23)24)27-14(3)28-20(18(25)26)30-22(32)16-10-6-13(2)7-11-16/h4-11,17-20H,1-3H3,(H,27,28)(H,29,31)(H,30,32)/t19-,20-/m0/s1. The van der Waals surface area contributed by atoms with Crippen molar-refractivity contribution in [2.45, 2.75) is 42.8 Å². The third-order valence-electron chi connectivity index (χ3n) is 4.38. The van der Waals surface area contributed by atoms with E-state index in [1.165, 1.54) is 0 Å². The second kappa shape index (κ2) is 12.3. The monoisotopic (exact) mass is 516 g/mol. The number of rotatable bonds is 8. The highest BCUT2D eigenvalue weighted by molar-refractivity contribution is 6.45. The Morgan fingerprint density at radius 3 is 1.56 bits per heavy atom. The Labute approximate surface area is 207 Å². The molecule has 10 heteroatoms. The maximum atomic E-state index is 12.5. The van der Waals surface area contributed by atoms with Gasteiger partial charge in [0.1, 0.15) is 15.8 Å². The van der Waals surface area contributed by atoms with E-state index in [1.807, 2.05) is 38.1 Å². The van der Waals surface area contributed by atoms with Crippen LogP contribution in [0.25, 0.3) is 0 Å². The van der Waals surface area contributed by atoms with E-state index in [9.17, 15) is 9.59 Å². The lowest BCUT2D eigenvalue weighted by molar-refractivity contribution is 0.0931. The second-order valence-electron chi connectivity index (χ2n) is 7.13. The first-order chi connectivity index (χ1) is 15.1. The first kappa shape index (κ1) is 26.3.